The molecule has 0 aliphatic rings. The largest absolute Gasteiger partial charge is 0.482 e. The van der Waals surface area contributed by atoms with Gasteiger partial charge in [-0.1, -0.05) is 54.1 Å². The lowest BCUT2D eigenvalue weighted by atomic mass is 10.0. The molecular formula is C19H20ClNO4. The summed E-state index contributed by atoms with van der Waals surface area (Å²) in [6.07, 6.45) is 0.900. The monoisotopic (exact) mass is 361 g/mol. The molecule has 5 nitrogen and oxygen atoms in total. The number of rotatable bonds is 9. The molecule has 0 saturated heterocycles. The maximum atomic E-state index is 12.1. The van der Waals surface area contributed by atoms with E-state index in [2.05, 4.69) is 5.32 Å². The van der Waals surface area contributed by atoms with Gasteiger partial charge in [0.1, 0.15) is 5.75 Å². The van der Waals surface area contributed by atoms with Crippen molar-refractivity contribution >= 4 is 23.5 Å². The summed E-state index contributed by atoms with van der Waals surface area (Å²) in [7, 11) is 0. The number of nitrogens with one attached hydrogen (secondary N) is 1. The molecule has 132 valence electrons. The van der Waals surface area contributed by atoms with Gasteiger partial charge in [-0.25, -0.2) is 0 Å². The summed E-state index contributed by atoms with van der Waals surface area (Å²) in [5, 5.41) is 12.2. The Balaban J connectivity index is 1.91. The van der Waals surface area contributed by atoms with Crippen molar-refractivity contribution < 1.29 is 19.4 Å². The zero-order chi connectivity index (χ0) is 18.1. The summed E-state index contributed by atoms with van der Waals surface area (Å²) in [5.41, 5.74) is 1.03. The second-order valence-corrected chi connectivity index (χ2v) is 6.01. The maximum absolute atomic E-state index is 12.1. The molecule has 0 saturated carbocycles. The van der Waals surface area contributed by atoms with Crippen LogP contribution in [-0.4, -0.2) is 29.6 Å². The van der Waals surface area contributed by atoms with E-state index in [1.165, 1.54) is 0 Å². The molecule has 2 N–H and O–H groups in total. The van der Waals surface area contributed by atoms with Crippen LogP contribution in [0.15, 0.2) is 54.6 Å². The van der Waals surface area contributed by atoms with Gasteiger partial charge < -0.3 is 15.2 Å². The number of amides is 1. The van der Waals surface area contributed by atoms with Gasteiger partial charge in [-0.3, -0.25) is 9.59 Å². The Morgan fingerprint density at radius 2 is 1.76 bits per heavy atom. The van der Waals surface area contributed by atoms with Gasteiger partial charge in [-0.2, -0.15) is 0 Å². The summed E-state index contributed by atoms with van der Waals surface area (Å²) >= 11 is 5.98. The van der Waals surface area contributed by atoms with Crippen molar-refractivity contribution in [2.24, 2.45) is 0 Å². The second-order valence-electron chi connectivity index (χ2n) is 5.61. The molecule has 0 aromatic heterocycles. The number of para-hydroxylation sites is 1. The summed E-state index contributed by atoms with van der Waals surface area (Å²) in [5.74, 6) is -0.768. The first kappa shape index (κ1) is 18.8. The first-order chi connectivity index (χ1) is 12.0. The predicted molar refractivity (Wildman–Crippen MR) is 95.9 cm³/mol. The Labute approximate surface area is 151 Å². The molecule has 0 bridgehead atoms. The number of halogens is 1. The van der Waals surface area contributed by atoms with Gasteiger partial charge in [0.05, 0.1) is 5.02 Å². The zero-order valence-corrected chi connectivity index (χ0v) is 14.4. The van der Waals surface area contributed by atoms with Crippen molar-refractivity contribution in [2.45, 2.75) is 25.3 Å². The van der Waals surface area contributed by atoms with E-state index in [0.29, 0.717) is 23.6 Å². The fraction of sp³-hybridized carbons (Fsp3) is 0.263. The lowest BCUT2D eigenvalue weighted by molar-refractivity contribution is -0.137. The highest BCUT2D eigenvalue weighted by molar-refractivity contribution is 6.32. The van der Waals surface area contributed by atoms with Gasteiger partial charge in [0.15, 0.2) is 6.61 Å². The Kier molecular flexibility index (Phi) is 7.29. The highest BCUT2D eigenvalue weighted by atomic mass is 35.5. The van der Waals surface area contributed by atoms with E-state index in [4.69, 9.17) is 21.4 Å². The first-order valence-electron chi connectivity index (χ1n) is 7.97. The van der Waals surface area contributed by atoms with Crippen molar-refractivity contribution in [3.8, 4) is 5.75 Å². The molecule has 1 unspecified atom stereocenters. The standard InChI is InChI=1S/C19H20ClNO4/c20-16-8-4-5-9-17(16)25-13-18(22)21-15(10-11-19(23)24)12-14-6-2-1-3-7-14/h1-9,15H,10-13H2,(H,21,22)(H,23,24). The molecular weight excluding hydrogens is 342 g/mol. The number of aliphatic carboxylic acids is 1. The van der Waals surface area contributed by atoms with Gasteiger partial charge in [-0.15, -0.1) is 0 Å². The fourth-order valence-electron chi connectivity index (χ4n) is 2.40. The van der Waals surface area contributed by atoms with E-state index in [1.807, 2.05) is 30.3 Å². The third kappa shape index (κ3) is 6.85. The fourth-order valence-corrected chi connectivity index (χ4v) is 2.59. The number of carbonyl (C=O) groups is 2. The molecule has 2 aromatic carbocycles. The number of carboxylic acids is 1. The minimum atomic E-state index is -0.889. The number of hydrogen-bond acceptors (Lipinski definition) is 3. The Hall–Kier alpha value is -2.53. The van der Waals surface area contributed by atoms with Crippen LogP contribution in [0, 0.1) is 0 Å². The van der Waals surface area contributed by atoms with Crippen LogP contribution in [0.3, 0.4) is 0 Å². The number of ether oxygens (including phenoxy) is 1. The maximum Gasteiger partial charge on any atom is 0.303 e. The van der Waals surface area contributed by atoms with E-state index >= 15 is 0 Å². The van der Waals surface area contributed by atoms with Crippen LogP contribution in [0.2, 0.25) is 5.02 Å². The Morgan fingerprint density at radius 3 is 2.44 bits per heavy atom. The highest BCUT2D eigenvalue weighted by Gasteiger charge is 2.15. The quantitative estimate of drug-likeness (QED) is 0.718. The third-order valence-electron chi connectivity index (χ3n) is 3.59. The van der Waals surface area contributed by atoms with Crippen LogP contribution in [0.1, 0.15) is 18.4 Å². The normalized spacial score (nSPS) is 11.6. The average Bonchev–Trinajstić information content (AvgIpc) is 2.60. The van der Waals surface area contributed by atoms with Gasteiger partial charge in [-0.05, 0) is 30.5 Å². The molecule has 2 aromatic rings. The van der Waals surface area contributed by atoms with Crippen molar-refractivity contribution in [1.82, 2.24) is 5.32 Å². The minimum Gasteiger partial charge on any atom is -0.482 e. The third-order valence-corrected chi connectivity index (χ3v) is 3.90. The van der Waals surface area contributed by atoms with E-state index in [9.17, 15) is 9.59 Å². The summed E-state index contributed by atoms with van der Waals surface area (Å²) < 4.78 is 5.41. The van der Waals surface area contributed by atoms with Crippen LogP contribution in [0.5, 0.6) is 5.75 Å². The molecule has 0 spiro atoms. The van der Waals surface area contributed by atoms with Gasteiger partial charge >= 0.3 is 5.97 Å². The summed E-state index contributed by atoms with van der Waals surface area (Å²) in [4.78, 5) is 23.0. The van der Waals surface area contributed by atoms with Crippen molar-refractivity contribution in [3.63, 3.8) is 0 Å². The number of carboxylic acid groups (broad SMARTS) is 1. The van der Waals surface area contributed by atoms with E-state index < -0.39 is 5.97 Å². The molecule has 25 heavy (non-hydrogen) atoms. The molecule has 0 radical (unpaired) electrons. The molecule has 2 rings (SSSR count). The second kappa shape index (κ2) is 9.69. The van der Waals surface area contributed by atoms with E-state index in [1.54, 1.807) is 24.3 Å². The molecule has 0 aliphatic heterocycles. The molecule has 1 amide bonds. The summed E-state index contributed by atoms with van der Waals surface area (Å²) in [6, 6.07) is 16.2. The van der Waals surface area contributed by atoms with Crippen LogP contribution >= 0.6 is 11.6 Å². The Bertz CT molecular complexity index is 706. The molecule has 1 atom stereocenters. The van der Waals surface area contributed by atoms with Crippen LogP contribution < -0.4 is 10.1 Å². The zero-order valence-electron chi connectivity index (χ0n) is 13.7. The average molecular weight is 362 g/mol. The smallest absolute Gasteiger partial charge is 0.303 e. The number of carbonyl (C=O) groups excluding carboxylic acids is 1. The molecule has 0 fully saturated rings. The minimum absolute atomic E-state index is 0.0108. The number of benzene rings is 2. The topological polar surface area (TPSA) is 75.6 Å². The van der Waals surface area contributed by atoms with Gasteiger partial charge in [0.25, 0.3) is 5.91 Å². The molecule has 0 heterocycles. The van der Waals surface area contributed by atoms with Crippen LogP contribution in [0.25, 0.3) is 0 Å². The van der Waals surface area contributed by atoms with Crippen molar-refractivity contribution in [1.29, 1.82) is 0 Å². The van der Waals surface area contributed by atoms with Crippen molar-refractivity contribution in [3.05, 3.63) is 65.2 Å². The summed E-state index contributed by atoms with van der Waals surface area (Å²) in [6.45, 7) is -0.178. The molecule has 0 aliphatic carbocycles. The Morgan fingerprint density at radius 1 is 1.08 bits per heavy atom. The van der Waals surface area contributed by atoms with Gasteiger partial charge in [0.2, 0.25) is 0 Å². The van der Waals surface area contributed by atoms with Crippen LogP contribution in [-0.2, 0) is 16.0 Å². The lowest BCUT2D eigenvalue weighted by Crippen LogP contribution is -2.39. The van der Waals surface area contributed by atoms with E-state index in [-0.39, 0.29) is 25.0 Å². The SMILES string of the molecule is O=C(O)CCC(Cc1ccccc1)NC(=O)COc1ccccc1Cl. The van der Waals surface area contributed by atoms with Crippen molar-refractivity contribution in [2.75, 3.05) is 6.61 Å². The predicted octanol–water partition coefficient (Wildman–Crippen LogP) is 3.31. The first-order valence-corrected chi connectivity index (χ1v) is 8.35. The van der Waals surface area contributed by atoms with Gasteiger partial charge in [0, 0.05) is 12.5 Å². The van der Waals surface area contributed by atoms with Crippen LogP contribution in [0.4, 0.5) is 0 Å². The number of hydrogen-bond donors (Lipinski definition) is 2. The van der Waals surface area contributed by atoms with E-state index in [0.717, 1.165) is 5.56 Å². The molecule has 6 heteroatoms. The highest BCUT2D eigenvalue weighted by Crippen LogP contribution is 2.22. The lowest BCUT2D eigenvalue weighted by Gasteiger charge is -2.18.